The van der Waals surface area contributed by atoms with Crippen LogP contribution in [0.3, 0.4) is 0 Å². The van der Waals surface area contributed by atoms with Crippen LogP contribution >= 0.6 is 11.3 Å². The summed E-state index contributed by atoms with van der Waals surface area (Å²) in [4.78, 5) is 25.0. The van der Waals surface area contributed by atoms with E-state index in [2.05, 4.69) is 35.3 Å². The smallest absolute Gasteiger partial charge is 0.257 e. The van der Waals surface area contributed by atoms with Gasteiger partial charge in [0.25, 0.3) is 5.91 Å². The lowest BCUT2D eigenvalue weighted by molar-refractivity contribution is 0.102. The second kappa shape index (κ2) is 7.62. The molecule has 1 aromatic carbocycles. The van der Waals surface area contributed by atoms with Crippen LogP contribution in [0, 0.1) is 5.82 Å². The van der Waals surface area contributed by atoms with Gasteiger partial charge in [-0.1, -0.05) is 11.3 Å². The van der Waals surface area contributed by atoms with Crippen LogP contribution in [0.15, 0.2) is 42.7 Å². The molecule has 3 aromatic rings. The fourth-order valence-electron chi connectivity index (χ4n) is 2.72. The van der Waals surface area contributed by atoms with E-state index in [-0.39, 0.29) is 11.7 Å². The number of nitrogens with one attached hydrogen (secondary N) is 1. The predicted molar refractivity (Wildman–Crippen MR) is 101 cm³/mol. The van der Waals surface area contributed by atoms with Crippen LogP contribution in [-0.4, -0.2) is 52.3 Å². The molecule has 0 saturated carbocycles. The van der Waals surface area contributed by atoms with Crippen LogP contribution in [0.2, 0.25) is 0 Å². The molecule has 27 heavy (non-hydrogen) atoms. The van der Waals surface area contributed by atoms with Crippen LogP contribution in [0.4, 0.5) is 20.6 Å². The lowest BCUT2D eigenvalue weighted by Gasteiger charge is -2.34. The number of halogens is 1. The van der Waals surface area contributed by atoms with E-state index in [0.717, 1.165) is 37.3 Å². The highest BCUT2D eigenvalue weighted by molar-refractivity contribution is 7.19. The summed E-state index contributed by atoms with van der Waals surface area (Å²) in [5, 5.41) is 12.1. The average molecular weight is 385 g/mol. The SMILES string of the molecule is O=C(Nc1nnc(N2CCN(c3ncccn3)CC2)s1)c1ccc(F)cc1. The van der Waals surface area contributed by atoms with Gasteiger partial charge in [-0.15, -0.1) is 10.2 Å². The quantitative estimate of drug-likeness (QED) is 0.735. The lowest BCUT2D eigenvalue weighted by Crippen LogP contribution is -2.47. The first-order chi connectivity index (χ1) is 13.2. The standard InChI is InChI=1S/C17H16FN7OS/c18-13-4-2-12(3-5-13)14(26)21-16-22-23-17(27-16)25-10-8-24(9-11-25)15-19-6-1-7-20-15/h1-7H,8-11H2,(H,21,22,26). The normalized spacial score (nSPS) is 14.3. The van der Waals surface area contributed by atoms with Gasteiger partial charge in [0, 0.05) is 44.1 Å². The van der Waals surface area contributed by atoms with E-state index in [1.165, 1.54) is 35.6 Å². The first kappa shape index (κ1) is 17.3. The summed E-state index contributed by atoms with van der Waals surface area (Å²) in [6.07, 6.45) is 3.46. The molecule has 10 heteroatoms. The van der Waals surface area contributed by atoms with Gasteiger partial charge in [0.15, 0.2) is 0 Å². The molecule has 1 aliphatic rings. The first-order valence-corrected chi connectivity index (χ1v) is 9.18. The van der Waals surface area contributed by atoms with Crippen molar-refractivity contribution in [3.05, 3.63) is 54.1 Å². The molecule has 1 amide bonds. The Morgan fingerprint density at radius 2 is 1.67 bits per heavy atom. The second-order valence-electron chi connectivity index (χ2n) is 5.87. The number of hydrogen-bond donors (Lipinski definition) is 1. The molecule has 3 heterocycles. The van der Waals surface area contributed by atoms with Crippen LogP contribution in [-0.2, 0) is 0 Å². The Morgan fingerprint density at radius 1 is 1.00 bits per heavy atom. The van der Waals surface area contributed by atoms with Crippen molar-refractivity contribution in [1.29, 1.82) is 0 Å². The van der Waals surface area contributed by atoms with Gasteiger partial charge < -0.3 is 9.80 Å². The van der Waals surface area contributed by atoms with E-state index in [0.29, 0.717) is 10.7 Å². The third-order valence-corrected chi connectivity index (χ3v) is 5.03. The van der Waals surface area contributed by atoms with Gasteiger partial charge >= 0.3 is 0 Å². The Bertz CT molecular complexity index is 911. The van der Waals surface area contributed by atoms with Gasteiger partial charge in [-0.3, -0.25) is 10.1 Å². The average Bonchev–Trinajstić information content (AvgIpc) is 3.18. The number of hydrogen-bond acceptors (Lipinski definition) is 8. The van der Waals surface area contributed by atoms with Gasteiger partial charge in [0.05, 0.1) is 0 Å². The molecule has 0 atom stereocenters. The molecule has 0 unspecified atom stereocenters. The predicted octanol–water partition coefficient (Wildman–Crippen LogP) is 2.05. The number of carbonyl (C=O) groups excluding carboxylic acids is 1. The van der Waals surface area contributed by atoms with Crippen LogP contribution < -0.4 is 15.1 Å². The van der Waals surface area contributed by atoms with Crippen molar-refractivity contribution in [3.8, 4) is 0 Å². The van der Waals surface area contributed by atoms with Crippen molar-refractivity contribution in [2.24, 2.45) is 0 Å². The summed E-state index contributed by atoms with van der Waals surface area (Å²) in [6.45, 7) is 3.08. The summed E-state index contributed by atoms with van der Waals surface area (Å²) in [5.41, 5.74) is 0.365. The maximum absolute atomic E-state index is 13.0. The fraction of sp³-hybridized carbons (Fsp3) is 0.235. The van der Waals surface area contributed by atoms with E-state index in [4.69, 9.17) is 0 Å². The maximum Gasteiger partial charge on any atom is 0.257 e. The largest absolute Gasteiger partial charge is 0.343 e. The van der Waals surface area contributed by atoms with Crippen LogP contribution in [0.5, 0.6) is 0 Å². The molecule has 0 bridgehead atoms. The molecule has 8 nitrogen and oxygen atoms in total. The highest BCUT2D eigenvalue weighted by atomic mass is 32.1. The first-order valence-electron chi connectivity index (χ1n) is 8.36. The highest BCUT2D eigenvalue weighted by Gasteiger charge is 2.22. The lowest BCUT2D eigenvalue weighted by atomic mass is 10.2. The number of anilines is 3. The molecular formula is C17H16FN7OS. The Balaban J connectivity index is 1.36. The molecule has 138 valence electrons. The van der Waals surface area contributed by atoms with Gasteiger partial charge in [0.2, 0.25) is 16.2 Å². The van der Waals surface area contributed by atoms with Crippen molar-refractivity contribution < 1.29 is 9.18 Å². The summed E-state index contributed by atoms with van der Waals surface area (Å²) in [5.74, 6) is -0.00444. The third kappa shape index (κ3) is 4.00. The molecule has 0 aliphatic carbocycles. The molecular weight excluding hydrogens is 369 g/mol. The summed E-state index contributed by atoms with van der Waals surface area (Å²) in [7, 11) is 0. The maximum atomic E-state index is 13.0. The van der Waals surface area contributed by atoms with Crippen LogP contribution in [0.1, 0.15) is 10.4 Å². The van der Waals surface area contributed by atoms with Gasteiger partial charge in [-0.2, -0.15) is 0 Å². The van der Waals surface area contributed by atoms with Crippen molar-refractivity contribution >= 4 is 33.5 Å². The number of aromatic nitrogens is 4. The van der Waals surface area contributed by atoms with Crippen molar-refractivity contribution in [2.75, 3.05) is 41.3 Å². The molecule has 1 saturated heterocycles. The minimum atomic E-state index is -0.384. The molecule has 1 aliphatic heterocycles. The molecule has 0 spiro atoms. The van der Waals surface area contributed by atoms with Crippen molar-refractivity contribution in [1.82, 2.24) is 20.2 Å². The number of amides is 1. The van der Waals surface area contributed by atoms with Crippen LogP contribution in [0.25, 0.3) is 0 Å². The molecule has 2 aromatic heterocycles. The molecule has 1 fully saturated rings. The zero-order valence-electron chi connectivity index (χ0n) is 14.2. The minimum Gasteiger partial charge on any atom is -0.343 e. The summed E-state index contributed by atoms with van der Waals surface area (Å²) >= 11 is 1.31. The monoisotopic (exact) mass is 385 g/mol. The van der Waals surface area contributed by atoms with E-state index in [1.54, 1.807) is 18.5 Å². The van der Waals surface area contributed by atoms with E-state index >= 15 is 0 Å². The Morgan fingerprint density at radius 3 is 2.37 bits per heavy atom. The highest BCUT2D eigenvalue weighted by Crippen LogP contribution is 2.26. The number of carbonyl (C=O) groups is 1. The number of benzene rings is 1. The Labute approximate surface area is 158 Å². The number of rotatable bonds is 4. The van der Waals surface area contributed by atoms with Crippen molar-refractivity contribution in [3.63, 3.8) is 0 Å². The van der Waals surface area contributed by atoms with Gasteiger partial charge in [0.1, 0.15) is 5.82 Å². The van der Waals surface area contributed by atoms with Crippen molar-refractivity contribution in [2.45, 2.75) is 0 Å². The third-order valence-electron chi connectivity index (χ3n) is 4.13. The fourth-order valence-corrected chi connectivity index (χ4v) is 3.51. The van der Waals surface area contributed by atoms with E-state index in [9.17, 15) is 9.18 Å². The Hall–Kier alpha value is -3.14. The molecule has 4 rings (SSSR count). The Kier molecular flexibility index (Phi) is 4.88. The summed E-state index contributed by atoms with van der Waals surface area (Å²) < 4.78 is 13.0. The van der Waals surface area contributed by atoms with E-state index in [1.807, 2.05) is 0 Å². The zero-order chi connectivity index (χ0) is 18.6. The number of nitrogens with zero attached hydrogens (tertiary/aromatic N) is 6. The molecule has 1 N–H and O–H groups in total. The van der Waals surface area contributed by atoms with Gasteiger partial charge in [-0.25, -0.2) is 14.4 Å². The second-order valence-corrected chi connectivity index (χ2v) is 6.83. The zero-order valence-corrected chi connectivity index (χ0v) is 15.1. The summed E-state index contributed by atoms with van der Waals surface area (Å²) in [6, 6.07) is 7.14. The topological polar surface area (TPSA) is 87.1 Å². The minimum absolute atomic E-state index is 0.344. The molecule has 0 radical (unpaired) electrons. The van der Waals surface area contributed by atoms with Gasteiger partial charge in [-0.05, 0) is 30.3 Å². The van der Waals surface area contributed by atoms with E-state index < -0.39 is 0 Å². The number of piperazine rings is 1.